The normalized spacial score (nSPS) is 15.7. The molecule has 9 heteroatoms. The summed E-state index contributed by atoms with van der Waals surface area (Å²) in [7, 11) is -3.97. The molecule has 0 bridgehead atoms. The summed E-state index contributed by atoms with van der Waals surface area (Å²) < 4.78 is 43.4. The van der Waals surface area contributed by atoms with Crippen molar-refractivity contribution in [3.05, 3.63) is 41.5 Å². The van der Waals surface area contributed by atoms with Gasteiger partial charge in [-0.05, 0) is 18.9 Å². The van der Waals surface area contributed by atoms with Gasteiger partial charge in [0.15, 0.2) is 0 Å². The van der Waals surface area contributed by atoms with E-state index in [-0.39, 0.29) is 29.8 Å². The van der Waals surface area contributed by atoms with Gasteiger partial charge in [-0.15, -0.1) is 5.10 Å². The van der Waals surface area contributed by atoms with E-state index in [2.05, 4.69) is 15.5 Å². The number of halogens is 1. The van der Waals surface area contributed by atoms with Crippen LogP contribution in [0.3, 0.4) is 0 Å². The number of rotatable bonds is 6. The summed E-state index contributed by atoms with van der Waals surface area (Å²) in [5, 5.41) is 9.31. The Morgan fingerprint density at radius 1 is 1.19 bits per heavy atom. The number of nitrogens with zero attached hydrogens (tertiary/aromatic N) is 2. The van der Waals surface area contributed by atoms with Gasteiger partial charge in [-0.2, -0.15) is 0 Å². The molecule has 1 heterocycles. The van der Waals surface area contributed by atoms with Crippen LogP contribution >= 0.6 is 0 Å². The lowest BCUT2D eigenvalue weighted by Gasteiger charge is -2.20. The van der Waals surface area contributed by atoms with Gasteiger partial charge in [-0.3, -0.25) is 4.79 Å². The maximum Gasteiger partial charge on any atom is 0.335 e. The Morgan fingerprint density at radius 3 is 2.65 bits per heavy atom. The summed E-state index contributed by atoms with van der Waals surface area (Å²) in [5.41, 5.74) is 0.0258. The van der Waals surface area contributed by atoms with E-state index in [4.69, 9.17) is 4.42 Å². The van der Waals surface area contributed by atoms with Crippen molar-refractivity contribution >= 4 is 15.7 Å². The lowest BCUT2D eigenvalue weighted by atomic mass is 9.89. The molecule has 3 rings (SSSR count). The van der Waals surface area contributed by atoms with Gasteiger partial charge in [-0.25, -0.2) is 12.8 Å². The van der Waals surface area contributed by atoms with Crippen LogP contribution in [0.5, 0.6) is 0 Å². The van der Waals surface area contributed by atoms with Crippen LogP contribution in [-0.4, -0.2) is 24.5 Å². The van der Waals surface area contributed by atoms with Crippen molar-refractivity contribution in [1.82, 2.24) is 15.5 Å². The fraction of sp³-hybridized carbons (Fsp3) is 0.471. The van der Waals surface area contributed by atoms with Crippen LogP contribution in [0.1, 0.15) is 43.6 Å². The summed E-state index contributed by atoms with van der Waals surface area (Å²) in [6, 6.07) is 5.60. The molecule has 0 aliphatic heterocycles. The molecule has 0 spiro atoms. The first-order valence-corrected chi connectivity index (χ1v) is 10.2. The zero-order chi connectivity index (χ0) is 18.6. The molecule has 1 saturated carbocycles. The second-order valence-electron chi connectivity index (χ2n) is 6.36. The van der Waals surface area contributed by atoms with Gasteiger partial charge in [0.2, 0.25) is 21.6 Å². The average Bonchev–Trinajstić information content (AvgIpc) is 3.12. The Bertz CT molecular complexity index is 876. The number of amides is 1. The van der Waals surface area contributed by atoms with Gasteiger partial charge >= 0.3 is 5.22 Å². The van der Waals surface area contributed by atoms with E-state index in [1.807, 2.05) is 0 Å². The van der Waals surface area contributed by atoms with Gasteiger partial charge in [0.1, 0.15) is 5.82 Å². The Labute approximate surface area is 150 Å². The smallest absolute Gasteiger partial charge is 0.335 e. The standard InChI is InChI=1S/C17H20FN3O4S/c18-14-9-5-4-8-13(14)11-26(23,24)17-21-20-15(25-17)10-19-16(22)12-6-2-1-3-7-12/h4-5,8-9,12H,1-3,6-7,10-11H2,(H,19,22). The minimum absolute atomic E-state index is 0.00117. The van der Waals surface area contributed by atoms with E-state index in [0.29, 0.717) is 0 Å². The first kappa shape index (κ1) is 18.5. The molecule has 140 valence electrons. The van der Waals surface area contributed by atoms with Gasteiger partial charge in [0.25, 0.3) is 0 Å². The Balaban J connectivity index is 1.61. The van der Waals surface area contributed by atoms with E-state index in [9.17, 15) is 17.6 Å². The van der Waals surface area contributed by atoms with E-state index in [0.717, 1.165) is 32.1 Å². The topological polar surface area (TPSA) is 102 Å². The Hall–Kier alpha value is -2.29. The highest BCUT2D eigenvalue weighted by Gasteiger charge is 2.25. The molecule has 1 aliphatic rings. The SMILES string of the molecule is O=C(NCc1nnc(S(=O)(=O)Cc2ccccc2F)o1)C1CCCCC1. The Kier molecular flexibility index (Phi) is 5.65. The van der Waals surface area contributed by atoms with E-state index in [1.54, 1.807) is 6.07 Å². The molecule has 1 amide bonds. The van der Waals surface area contributed by atoms with E-state index < -0.39 is 26.6 Å². The van der Waals surface area contributed by atoms with Gasteiger partial charge in [0, 0.05) is 11.5 Å². The number of hydrogen-bond donors (Lipinski definition) is 1. The number of hydrogen-bond acceptors (Lipinski definition) is 6. The van der Waals surface area contributed by atoms with Crippen LogP contribution < -0.4 is 5.32 Å². The molecule has 1 N–H and O–H groups in total. The fourth-order valence-corrected chi connectivity index (χ4v) is 4.14. The van der Waals surface area contributed by atoms with Crippen molar-refractivity contribution < 1.29 is 22.0 Å². The van der Waals surface area contributed by atoms with Crippen LogP contribution in [0.25, 0.3) is 0 Å². The summed E-state index contributed by atoms with van der Waals surface area (Å²) in [4.78, 5) is 12.1. The molecule has 1 fully saturated rings. The third-order valence-corrected chi connectivity index (χ3v) is 5.80. The lowest BCUT2D eigenvalue weighted by Crippen LogP contribution is -2.31. The molecule has 1 aromatic carbocycles. The van der Waals surface area contributed by atoms with Crippen LogP contribution in [0, 0.1) is 11.7 Å². The molecular formula is C17H20FN3O4S. The number of nitrogens with one attached hydrogen (secondary N) is 1. The van der Waals surface area contributed by atoms with Gasteiger partial charge in [-0.1, -0.05) is 42.6 Å². The van der Waals surface area contributed by atoms with Gasteiger partial charge in [0.05, 0.1) is 12.3 Å². The molecule has 1 aliphatic carbocycles. The van der Waals surface area contributed by atoms with Crippen molar-refractivity contribution in [2.75, 3.05) is 0 Å². The molecule has 0 atom stereocenters. The number of aromatic nitrogens is 2. The lowest BCUT2D eigenvalue weighted by molar-refractivity contribution is -0.126. The van der Waals surface area contributed by atoms with Crippen LogP contribution in [0.4, 0.5) is 4.39 Å². The number of carbonyl (C=O) groups is 1. The zero-order valence-electron chi connectivity index (χ0n) is 14.2. The number of benzene rings is 1. The predicted molar refractivity (Wildman–Crippen MR) is 90.0 cm³/mol. The third-order valence-electron chi connectivity index (χ3n) is 4.41. The third kappa shape index (κ3) is 4.46. The molecule has 1 aromatic heterocycles. The van der Waals surface area contributed by atoms with Gasteiger partial charge < -0.3 is 9.73 Å². The van der Waals surface area contributed by atoms with Crippen molar-refractivity contribution in [3.63, 3.8) is 0 Å². The summed E-state index contributed by atoms with van der Waals surface area (Å²) in [5.74, 6) is -1.29. The molecule has 0 unspecified atom stereocenters. The maximum absolute atomic E-state index is 13.6. The highest BCUT2D eigenvalue weighted by molar-refractivity contribution is 7.90. The minimum atomic E-state index is -3.97. The van der Waals surface area contributed by atoms with Crippen molar-refractivity contribution in [2.45, 2.75) is 49.6 Å². The molecule has 0 radical (unpaired) electrons. The first-order chi connectivity index (χ1) is 12.5. The average molecular weight is 381 g/mol. The van der Waals surface area contributed by atoms with Crippen molar-refractivity contribution in [2.24, 2.45) is 5.92 Å². The predicted octanol–water partition coefficient (Wildman–Crippen LogP) is 2.38. The van der Waals surface area contributed by atoms with Crippen LogP contribution in [0.15, 0.2) is 33.9 Å². The summed E-state index contributed by atoms with van der Waals surface area (Å²) in [6.07, 6.45) is 4.95. The molecule has 0 saturated heterocycles. The first-order valence-electron chi connectivity index (χ1n) is 8.52. The minimum Gasteiger partial charge on any atom is -0.411 e. The second-order valence-corrected chi connectivity index (χ2v) is 8.23. The monoisotopic (exact) mass is 381 g/mol. The highest BCUT2D eigenvalue weighted by Crippen LogP contribution is 2.23. The quantitative estimate of drug-likeness (QED) is 0.824. The largest absolute Gasteiger partial charge is 0.411 e. The molecular weight excluding hydrogens is 361 g/mol. The number of sulfone groups is 1. The fourth-order valence-electron chi connectivity index (χ4n) is 2.99. The second kappa shape index (κ2) is 7.94. The van der Waals surface area contributed by atoms with Crippen LogP contribution in [0.2, 0.25) is 0 Å². The van der Waals surface area contributed by atoms with Crippen LogP contribution in [-0.2, 0) is 26.9 Å². The zero-order valence-corrected chi connectivity index (χ0v) is 15.0. The van der Waals surface area contributed by atoms with Crippen molar-refractivity contribution in [3.8, 4) is 0 Å². The van der Waals surface area contributed by atoms with Crippen molar-refractivity contribution in [1.29, 1.82) is 0 Å². The van der Waals surface area contributed by atoms with E-state index >= 15 is 0 Å². The highest BCUT2D eigenvalue weighted by atomic mass is 32.2. The molecule has 26 heavy (non-hydrogen) atoms. The summed E-state index contributed by atoms with van der Waals surface area (Å²) in [6.45, 7) is -0.0302. The maximum atomic E-state index is 13.6. The van der Waals surface area contributed by atoms with E-state index in [1.165, 1.54) is 18.2 Å². The Morgan fingerprint density at radius 2 is 1.92 bits per heavy atom. The summed E-state index contributed by atoms with van der Waals surface area (Å²) >= 11 is 0. The number of carbonyl (C=O) groups excluding carboxylic acids is 1. The molecule has 7 nitrogen and oxygen atoms in total. The molecule has 2 aromatic rings.